The Labute approximate surface area is 180 Å². The monoisotopic (exact) mass is 427 g/mol. The van der Waals surface area contributed by atoms with Gasteiger partial charge in [0, 0.05) is 48.7 Å². The minimum Gasteiger partial charge on any atom is -0.500 e. The van der Waals surface area contributed by atoms with Crippen LogP contribution in [0.3, 0.4) is 0 Å². The van der Waals surface area contributed by atoms with Crippen molar-refractivity contribution < 1.29 is 17.9 Å². The summed E-state index contributed by atoms with van der Waals surface area (Å²) in [4.78, 5) is 0. The quantitative estimate of drug-likeness (QED) is 0.463. The Hall–Kier alpha value is -2.83. The molecule has 0 amide bonds. The molecule has 3 unspecified atom stereocenters. The molecule has 0 radical (unpaired) electrons. The number of benzene rings is 2. The van der Waals surface area contributed by atoms with E-state index in [9.17, 15) is 13.2 Å². The molecule has 2 aromatic carbocycles. The van der Waals surface area contributed by atoms with Crippen molar-refractivity contribution in [3.05, 3.63) is 95.2 Å². The van der Waals surface area contributed by atoms with E-state index < -0.39 is 23.0 Å². The van der Waals surface area contributed by atoms with Crippen molar-refractivity contribution in [2.24, 2.45) is 5.73 Å². The van der Waals surface area contributed by atoms with Crippen LogP contribution in [0.4, 0.5) is 24.5 Å². The largest absolute Gasteiger partial charge is 0.500 e. The van der Waals surface area contributed by atoms with E-state index in [2.05, 4.69) is 6.92 Å². The molecule has 1 heterocycles. The average Bonchev–Trinajstić information content (AvgIpc) is 2.77. The number of hydrogen-bond donors (Lipinski definition) is 1. The van der Waals surface area contributed by atoms with Crippen LogP contribution in [0.2, 0.25) is 0 Å². The molecule has 162 valence electrons. The summed E-state index contributed by atoms with van der Waals surface area (Å²) in [7, 11) is 1.60. The predicted octanol–water partition coefficient (Wildman–Crippen LogP) is 6.08. The van der Waals surface area contributed by atoms with Crippen LogP contribution in [0.25, 0.3) is 0 Å². The number of nitrogens with two attached hydrogens (primary N) is 1. The van der Waals surface area contributed by atoms with Gasteiger partial charge in [-0.15, -0.1) is 0 Å². The third-order valence-electron chi connectivity index (χ3n) is 6.70. The number of nitrogens with zero attached hydrogens (tertiary/aromatic N) is 1. The fourth-order valence-corrected chi connectivity index (χ4v) is 4.84. The smallest absolute Gasteiger partial charge is 0.194 e. The zero-order valence-corrected chi connectivity index (χ0v) is 17.8. The summed E-state index contributed by atoms with van der Waals surface area (Å²) in [5.74, 6) is -3.13. The number of fused-ring (bicyclic) bond motifs is 1. The van der Waals surface area contributed by atoms with Gasteiger partial charge >= 0.3 is 0 Å². The molecule has 0 aromatic heterocycles. The van der Waals surface area contributed by atoms with E-state index in [0.29, 0.717) is 18.5 Å². The van der Waals surface area contributed by atoms with Crippen LogP contribution in [0, 0.1) is 17.5 Å². The lowest BCUT2D eigenvalue weighted by Crippen LogP contribution is -2.63. The van der Waals surface area contributed by atoms with E-state index in [1.807, 2.05) is 55.6 Å². The molecule has 1 aliphatic carbocycles. The van der Waals surface area contributed by atoms with Gasteiger partial charge in [0.25, 0.3) is 0 Å². The second-order valence-electron chi connectivity index (χ2n) is 8.22. The van der Waals surface area contributed by atoms with Crippen molar-refractivity contribution in [2.45, 2.75) is 38.3 Å². The van der Waals surface area contributed by atoms with Crippen LogP contribution < -0.4 is 10.2 Å². The minimum absolute atomic E-state index is 0.0637. The molecule has 31 heavy (non-hydrogen) atoms. The van der Waals surface area contributed by atoms with Gasteiger partial charge in [-0.25, -0.2) is 17.7 Å². The summed E-state index contributed by atoms with van der Waals surface area (Å²) in [6.07, 6.45) is 8.85. The van der Waals surface area contributed by atoms with Crippen molar-refractivity contribution in [3.63, 3.8) is 0 Å². The maximum Gasteiger partial charge on any atom is 0.194 e. The van der Waals surface area contributed by atoms with Gasteiger partial charge in [0.1, 0.15) is 23.2 Å². The van der Waals surface area contributed by atoms with E-state index in [1.54, 1.807) is 7.11 Å². The highest BCUT2D eigenvalue weighted by atomic mass is 19.2. The number of hydrogen-bond acceptors (Lipinski definition) is 2. The molecular formula is C25H26F3N2O+. The Morgan fingerprint density at radius 2 is 1.87 bits per heavy atom. The van der Waals surface area contributed by atoms with E-state index >= 15 is 0 Å². The second-order valence-corrected chi connectivity index (χ2v) is 8.22. The SMILES string of the molecule is CCC1(C)c2ccccc2[N+]1(/C=C/C1=C(OC)CC(N)C=C1)c1cc(F)c(F)c(F)c1. The normalized spacial score (nSPS) is 27.4. The van der Waals surface area contributed by atoms with Gasteiger partial charge in [-0.2, -0.15) is 0 Å². The first-order valence-corrected chi connectivity index (χ1v) is 10.3. The summed E-state index contributed by atoms with van der Waals surface area (Å²) in [5.41, 5.74) is 8.66. The highest BCUT2D eigenvalue weighted by molar-refractivity contribution is 5.76. The molecular weight excluding hydrogens is 401 g/mol. The lowest BCUT2D eigenvalue weighted by molar-refractivity contribution is 0.179. The highest BCUT2D eigenvalue weighted by Crippen LogP contribution is 2.61. The molecule has 0 bridgehead atoms. The standard InChI is InChI=1S/C25H26F3N2O/c1-4-25(2)19-7-5-6-8-22(19)30(25,18-14-20(26)24(28)21(27)15-18)12-11-16-9-10-17(29)13-23(16)31-3/h5-12,14-15,17H,4,13,29H2,1-3H3/q+1/b12-11+. The number of halogens is 3. The first kappa shape index (κ1) is 21.4. The zero-order chi connectivity index (χ0) is 22.4. The lowest BCUT2D eigenvalue weighted by Gasteiger charge is -2.57. The molecule has 0 fully saturated rings. The zero-order valence-electron chi connectivity index (χ0n) is 17.8. The van der Waals surface area contributed by atoms with E-state index in [-0.39, 0.29) is 10.5 Å². The third kappa shape index (κ3) is 3.05. The number of rotatable bonds is 5. The van der Waals surface area contributed by atoms with Crippen LogP contribution >= 0.6 is 0 Å². The van der Waals surface area contributed by atoms with Crippen LogP contribution in [0.15, 0.2) is 72.2 Å². The van der Waals surface area contributed by atoms with Gasteiger partial charge in [0.2, 0.25) is 0 Å². The Bertz CT molecular complexity index is 1100. The van der Waals surface area contributed by atoms with E-state index in [4.69, 9.17) is 10.5 Å². The van der Waals surface area contributed by atoms with Crippen molar-refractivity contribution in [2.75, 3.05) is 7.11 Å². The van der Waals surface area contributed by atoms with Gasteiger partial charge in [-0.1, -0.05) is 31.2 Å². The summed E-state index contributed by atoms with van der Waals surface area (Å²) >= 11 is 0. The molecule has 0 saturated carbocycles. The average molecular weight is 427 g/mol. The number of quaternary nitrogens is 1. The molecule has 2 aliphatic rings. The Balaban J connectivity index is 1.96. The maximum atomic E-state index is 14.3. The summed E-state index contributed by atoms with van der Waals surface area (Å²) in [6.45, 7) is 4.09. The number of allylic oxidation sites excluding steroid dienone is 3. The Morgan fingerprint density at radius 3 is 2.52 bits per heavy atom. The fourth-order valence-electron chi connectivity index (χ4n) is 4.84. The first-order chi connectivity index (χ1) is 14.8. The number of ether oxygens (including phenoxy) is 1. The topological polar surface area (TPSA) is 35.2 Å². The Kier molecular flexibility index (Phi) is 5.31. The van der Waals surface area contributed by atoms with Gasteiger partial charge < -0.3 is 10.5 Å². The van der Waals surface area contributed by atoms with Crippen molar-refractivity contribution in [3.8, 4) is 0 Å². The third-order valence-corrected chi connectivity index (χ3v) is 6.70. The molecule has 4 rings (SSSR count). The number of methoxy groups -OCH3 is 1. The van der Waals surface area contributed by atoms with Gasteiger partial charge in [0.15, 0.2) is 23.1 Å². The van der Waals surface area contributed by atoms with Gasteiger partial charge in [-0.3, -0.25) is 0 Å². The predicted molar refractivity (Wildman–Crippen MR) is 117 cm³/mol. The molecule has 1 aliphatic heterocycles. The molecule has 3 atom stereocenters. The van der Waals surface area contributed by atoms with E-state index in [0.717, 1.165) is 34.7 Å². The summed E-state index contributed by atoms with van der Waals surface area (Å²) in [5, 5.41) is 0. The number of para-hydroxylation sites is 1. The fraction of sp³-hybridized carbons (Fsp3) is 0.280. The lowest BCUT2D eigenvalue weighted by atomic mass is 9.74. The molecule has 0 saturated heterocycles. The van der Waals surface area contributed by atoms with Crippen LogP contribution in [-0.4, -0.2) is 13.2 Å². The molecule has 2 N–H and O–H groups in total. The minimum atomic E-state index is -1.47. The molecule has 2 aromatic rings. The Morgan fingerprint density at radius 1 is 1.19 bits per heavy atom. The van der Waals surface area contributed by atoms with Crippen molar-refractivity contribution in [1.29, 1.82) is 0 Å². The van der Waals surface area contributed by atoms with Crippen molar-refractivity contribution >= 4 is 11.4 Å². The van der Waals surface area contributed by atoms with Gasteiger partial charge in [0.05, 0.1) is 12.7 Å². The molecule has 0 spiro atoms. The second kappa shape index (κ2) is 7.70. The summed E-state index contributed by atoms with van der Waals surface area (Å²) in [6, 6.07) is 9.86. The van der Waals surface area contributed by atoms with Crippen LogP contribution in [-0.2, 0) is 10.3 Å². The molecule has 3 nitrogen and oxygen atoms in total. The van der Waals surface area contributed by atoms with Gasteiger partial charge in [-0.05, 0) is 13.0 Å². The maximum absolute atomic E-state index is 14.3. The highest BCUT2D eigenvalue weighted by Gasteiger charge is 2.61. The van der Waals surface area contributed by atoms with Crippen LogP contribution in [0.5, 0.6) is 0 Å². The molecule has 6 heteroatoms. The van der Waals surface area contributed by atoms with Crippen molar-refractivity contribution in [1.82, 2.24) is 4.48 Å². The first-order valence-electron chi connectivity index (χ1n) is 10.3. The van der Waals surface area contributed by atoms with Crippen LogP contribution in [0.1, 0.15) is 32.3 Å². The summed E-state index contributed by atoms with van der Waals surface area (Å²) < 4.78 is 48.0. The van der Waals surface area contributed by atoms with E-state index in [1.165, 1.54) is 0 Å².